The third-order valence-corrected chi connectivity index (χ3v) is 2.89. The van der Waals surface area contributed by atoms with Gasteiger partial charge in [-0.2, -0.15) is 4.31 Å². The Bertz CT molecular complexity index is 149. The first-order chi connectivity index (χ1) is 4.63. The largest absolute Gasteiger partial charge is 0.276 e. The Morgan fingerprint density at radius 1 is 1.70 bits per heavy atom. The summed E-state index contributed by atoms with van der Waals surface area (Å²) < 4.78 is 17.6. The second-order valence-electron chi connectivity index (χ2n) is 2.86. The zero-order valence-corrected chi connectivity index (χ0v) is 7.35. The lowest BCUT2D eigenvalue weighted by molar-refractivity contribution is 0.274. The molecule has 1 heterocycles. The minimum Gasteiger partial charge on any atom is -0.276 e. The molecule has 0 radical (unpaired) electrons. The first kappa shape index (κ1) is 8.17. The highest BCUT2D eigenvalue weighted by atomic mass is 32.2. The van der Waals surface area contributed by atoms with E-state index < -0.39 is 11.3 Å². The molecule has 2 atom stereocenters. The van der Waals surface area contributed by atoms with Crippen molar-refractivity contribution in [2.24, 2.45) is 5.92 Å². The molecule has 0 aliphatic carbocycles. The highest BCUT2D eigenvalue weighted by molar-refractivity contribution is 7.77. The van der Waals surface area contributed by atoms with Gasteiger partial charge in [-0.15, -0.1) is 0 Å². The van der Waals surface area contributed by atoms with Crippen LogP contribution in [0.4, 0.5) is 0 Å². The molecule has 0 aromatic rings. The monoisotopic (exact) mass is 163 g/mol. The van der Waals surface area contributed by atoms with Crippen LogP contribution >= 0.6 is 0 Å². The molecule has 0 N–H and O–H groups in total. The normalized spacial score (nSPS) is 35.6. The quantitative estimate of drug-likeness (QED) is 0.565. The van der Waals surface area contributed by atoms with E-state index in [0.717, 1.165) is 0 Å². The smallest absolute Gasteiger partial charge is 0.237 e. The number of nitrogens with zero attached hydrogens (tertiary/aromatic N) is 1. The van der Waals surface area contributed by atoms with Crippen molar-refractivity contribution in [2.45, 2.75) is 19.9 Å². The van der Waals surface area contributed by atoms with Crippen molar-refractivity contribution < 1.29 is 8.39 Å². The van der Waals surface area contributed by atoms with Gasteiger partial charge in [-0.25, -0.2) is 4.21 Å². The molecule has 1 fully saturated rings. The Labute approximate surface area is 64.2 Å². The van der Waals surface area contributed by atoms with Gasteiger partial charge in [-0.3, -0.25) is 4.18 Å². The van der Waals surface area contributed by atoms with Gasteiger partial charge in [0, 0.05) is 7.05 Å². The van der Waals surface area contributed by atoms with Crippen molar-refractivity contribution in [1.82, 2.24) is 4.31 Å². The SMILES string of the molecule is CC(C)[C@H]1COS(=O)N1C. The van der Waals surface area contributed by atoms with E-state index in [1.54, 1.807) is 4.31 Å². The molecular formula is C6H13NO2S. The molecule has 0 aromatic heterocycles. The molecule has 10 heavy (non-hydrogen) atoms. The summed E-state index contributed by atoms with van der Waals surface area (Å²) in [6.07, 6.45) is 0. The Hall–Kier alpha value is 0.0700. The molecule has 4 heteroatoms. The van der Waals surface area contributed by atoms with E-state index in [0.29, 0.717) is 18.6 Å². The van der Waals surface area contributed by atoms with Crippen LogP contribution in [-0.2, 0) is 15.4 Å². The lowest BCUT2D eigenvalue weighted by Gasteiger charge is -2.17. The third kappa shape index (κ3) is 1.38. The van der Waals surface area contributed by atoms with Crippen molar-refractivity contribution in [3.63, 3.8) is 0 Å². The van der Waals surface area contributed by atoms with Crippen LogP contribution in [0, 0.1) is 5.92 Å². The molecule has 0 spiro atoms. The molecule has 0 bridgehead atoms. The van der Waals surface area contributed by atoms with Gasteiger partial charge in [0.1, 0.15) is 0 Å². The first-order valence-electron chi connectivity index (χ1n) is 3.41. The van der Waals surface area contributed by atoms with Crippen molar-refractivity contribution in [2.75, 3.05) is 13.7 Å². The lowest BCUT2D eigenvalue weighted by atomic mass is 10.1. The Morgan fingerprint density at radius 3 is 2.50 bits per heavy atom. The molecular weight excluding hydrogens is 150 g/mol. The van der Waals surface area contributed by atoms with E-state index in [4.69, 9.17) is 4.18 Å². The molecule has 1 rings (SSSR count). The zero-order chi connectivity index (χ0) is 7.72. The fourth-order valence-corrected chi connectivity index (χ4v) is 1.99. The predicted molar refractivity (Wildman–Crippen MR) is 40.5 cm³/mol. The highest BCUT2D eigenvalue weighted by Crippen LogP contribution is 2.18. The summed E-state index contributed by atoms with van der Waals surface area (Å²) in [6.45, 7) is 4.81. The van der Waals surface area contributed by atoms with Crippen LogP contribution in [-0.4, -0.2) is 28.2 Å². The van der Waals surface area contributed by atoms with Gasteiger partial charge < -0.3 is 0 Å². The van der Waals surface area contributed by atoms with Gasteiger partial charge >= 0.3 is 0 Å². The van der Waals surface area contributed by atoms with E-state index in [-0.39, 0.29) is 0 Å². The van der Waals surface area contributed by atoms with E-state index in [9.17, 15) is 4.21 Å². The average Bonchev–Trinajstić information content (AvgIpc) is 2.14. The van der Waals surface area contributed by atoms with Crippen molar-refractivity contribution in [3.8, 4) is 0 Å². The van der Waals surface area contributed by atoms with Gasteiger partial charge in [0.25, 0.3) is 0 Å². The average molecular weight is 163 g/mol. The van der Waals surface area contributed by atoms with Gasteiger partial charge in [-0.05, 0) is 5.92 Å². The first-order valence-corrected chi connectivity index (χ1v) is 4.44. The molecule has 1 saturated heterocycles. The third-order valence-electron chi connectivity index (χ3n) is 1.81. The van der Waals surface area contributed by atoms with Crippen LogP contribution in [0.2, 0.25) is 0 Å². The molecule has 1 unspecified atom stereocenters. The number of hydrogen-bond acceptors (Lipinski definition) is 2. The summed E-state index contributed by atoms with van der Waals surface area (Å²) in [6, 6.07) is 0.320. The maximum atomic E-state index is 10.9. The summed E-state index contributed by atoms with van der Waals surface area (Å²) in [4.78, 5) is 0. The maximum absolute atomic E-state index is 10.9. The van der Waals surface area contributed by atoms with Crippen LogP contribution in [0.25, 0.3) is 0 Å². The Kier molecular flexibility index (Phi) is 2.44. The molecule has 0 amide bonds. The molecule has 0 aromatic carbocycles. The summed E-state index contributed by atoms with van der Waals surface area (Å²) in [7, 11) is 1.83. The van der Waals surface area contributed by atoms with E-state index in [1.165, 1.54) is 0 Å². The fraction of sp³-hybridized carbons (Fsp3) is 1.00. The second kappa shape index (κ2) is 2.98. The zero-order valence-electron chi connectivity index (χ0n) is 6.53. The minimum atomic E-state index is -1.18. The summed E-state index contributed by atoms with van der Waals surface area (Å²) in [5, 5.41) is 0. The summed E-state index contributed by atoms with van der Waals surface area (Å²) in [5.41, 5.74) is 0. The van der Waals surface area contributed by atoms with Crippen LogP contribution in [0.3, 0.4) is 0 Å². The van der Waals surface area contributed by atoms with Crippen LogP contribution in [0.1, 0.15) is 13.8 Å². The van der Waals surface area contributed by atoms with Crippen molar-refractivity contribution in [1.29, 1.82) is 0 Å². The topological polar surface area (TPSA) is 29.5 Å². The van der Waals surface area contributed by atoms with Gasteiger partial charge in [0.05, 0.1) is 12.6 Å². The summed E-state index contributed by atoms with van der Waals surface area (Å²) in [5.74, 6) is 0.511. The van der Waals surface area contributed by atoms with E-state index in [2.05, 4.69) is 13.8 Å². The van der Waals surface area contributed by atoms with Crippen molar-refractivity contribution in [3.05, 3.63) is 0 Å². The Balaban J connectivity index is 2.57. The molecule has 3 nitrogen and oxygen atoms in total. The van der Waals surface area contributed by atoms with Crippen LogP contribution < -0.4 is 0 Å². The minimum absolute atomic E-state index is 0.320. The number of hydrogen-bond donors (Lipinski definition) is 0. The highest BCUT2D eigenvalue weighted by Gasteiger charge is 2.30. The number of likely N-dealkylation sites (N-methyl/N-ethyl adjacent to an activating group) is 1. The lowest BCUT2D eigenvalue weighted by Crippen LogP contribution is -2.31. The molecule has 60 valence electrons. The Morgan fingerprint density at radius 2 is 2.30 bits per heavy atom. The van der Waals surface area contributed by atoms with Crippen LogP contribution in [0.5, 0.6) is 0 Å². The van der Waals surface area contributed by atoms with Crippen molar-refractivity contribution >= 4 is 11.3 Å². The number of rotatable bonds is 1. The predicted octanol–water partition coefficient (Wildman–Crippen LogP) is 0.552. The second-order valence-corrected chi connectivity index (χ2v) is 4.11. The fourth-order valence-electron chi connectivity index (χ4n) is 1.04. The maximum Gasteiger partial charge on any atom is 0.237 e. The summed E-state index contributed by atoms with van der Waals surface area (Å²) >= 11 is -1.18. The molecule has 0 saturated carbocycles. The molecule has 1 aliphatic rings. The van der Waals surface area contributed by atoms with Gasteiger partial charge in [0.2, 0.25) is 11.3 Å². The van der Waals surface area contributed by atoms with Gasteiger partial charge in [-0.1, -0.05) is 13.8 Å². The van der Waals surface area contributed by atoms with E-state index in [1.807, 2.05) is 7.05 Å². The molecule has 1 aliphatic heterocycles. The van der Waals surface area contributed by atoms with Gasteiger partial charge in [0.15, 0.2) is 0 Å². The van der Waals surface area contributed by atoms with E-state index >= 15 is 0 Å². The standard InChI is InChI=1S/C6H13NO2S/c1-5(2)6-4-9-10(8)7(6)3/h5-6H,4H2,1-3H3/t6-,10?/m1/s1. The van der Waals surface area contributed by atoms with Crippen LogP contribution in [0.15, 0.2) is 0 Å².